The van der Waals surface area contributed by atoms with Crippen LogP contribution in [0.5, 0.6) is 0 Å². The third kappa shape index (κ3) is 1.79. The maximum absolute atomic E-state index is 10.8. The fraction of sp³-hybridized carbons (Fsp3) is 0.182. The molecule has 0 fully saturated rings. The fourth-order valence-electron chi connectivity index (χ4n) is 1.51. The van der Waals surface area contributed by atoms with E-state index in [0.29, 0.717) is 5.69 Å². The second kappa shape index (κ2) is 4.14. The predicted octanol–water partition coefficient (Wildman–Crippen LogP) is 1.53. The third-order valence-corrected chi connectivity index (χ3v) is 2.28. The molecule has 0 amide bonds. The lowest BCUT2D eigenvalue weighted by atomic mass is 10.2. The van der Waals surface area contributed by atoms with Crippen LogP contribution in [0.15, 0.2) is 30.9 Å². The second-order valence-corrected chi connectivity index (χ2v) is 3.30. The average molecular weight is 217 g/mol. The van der Waals surface area contributed by atoms with Gasteiger partial charge in [0.1, 0.15) is 5.82 Å². The Hall–Kier alpha value is -2.17. The highest BCUT2D eigenvalue weighted by Gasteiger charge is 2.07. The number of aryl methyl sites for hydroxylation is 1. The highest BCUT2D eigenvalue weighted by Crippen LogP contribution is 2.11. The number of carboxylic acids is 1. The van der Waals surface area contributed by atoms with E-state index in [1.54, 1.807) is 24.7 Å². The van der Waals surface area contributed by atoms with Crippen molar-refractivity contribution in [1.82, 2.24) is 14.5 Å². The maximum atomic E-state index is 10.8. The van der Waals surface area contributed by atoms with E-state index in [0.717, 1.165) is 12.2 Å². The Balaban J connectivity index is 2.48. The number of carbonyl (C=O) groups is 1. The first-order valence-corrected chi connectivity index (χ1v) is 4.93. The van der Waals surface area contributed by atoms with Crippen molar-refractivity contribution < 1.29 is 9.90 Å². The third-order valence-electron chi connectivity index (χ3n) is 2.28. The highest BCUT2D eigenvalue weighted by molar-refractivity contribution is 5.87. The number of hydrogen-bond donors (Lipinski definition) is 1. The molecule has 0 saturated carbocycles. The number of aromatic nitrogens is 3. The molecular weight excluding hydrogens is 206 g/mol. The van der Waals surface area contributed by atoms with E-state index in [4.69, 9.17) is 5.11 Å². The number of carboxylic acid groups (broad SMARTS) is 1. The molecule has 0 aliphatic rings. The molecule has 0 aliphatic carbocycles. The van der Waals surface area contributed by atoms with Crippen LogP contribution in [0.2, 0.25) is 0 Å². The Labute approximate surface area is 92.4 Å². The van der Waals surface area contributed by atoms with Crippen molar-refractivity contribution in [3.8, 4) is 5.69 Å². The van der Waals surface area contributed by atoms with Gasteiger partial charge < -0.3 is 9.67 Å². The first kappa shape index (κ1) is 10.4. The Morgan fingerprint density at radius 2 is 2.31 bits per heavy atom. The Morgan fingerprint density at radius 3 is 3.00 bits per heavy atom. The van der Waals surface area contributed by atoms with Crippen molar-refractivity contribution in [2.24, 2.45) is 0 Å². The molecule has 2 aromatic heterocycles. The van der Waals surface area contributed by atoms with Gasteiger partial charge in [-0.15, -0.1) is 0 Å². The summed E-state index contributed by atoms with van der Waals surface area (Å²) < 4.78 is 1.83. The molecule has 0 bridgehead atoms. The fourth-order valence-corrected chi connectivity index (χ4v) is 1.51. The molecule has 0 atom stereocenters. The molecule has 5 heteroatoms. The van der Waals surface area contributed by atoms with E-state index < -0.39 is 5.97 Å². The Kier molecular flexibility index (Phi) is 2.68. The molecule has 0 aliphatic heterocycles. The van der Waals surface area contributed by atoms with Crippen LogP contribution in [0.1, 0.15) is 23.1 Å². The zero-order chi connectivity index (χ0) is 11.5. The van der Waals surface area contributed by atoms with Gasteiger partial charge in [0, 0.05) is 25.0 Å². The van der Waals surface area contributed by atoms with Gasteiger partial charge in [-0.2, -0.15) is 0 Å². The standard InChI is InChI=1S/C11H11N3O2/c1-2-10-13-3-4-14(10)9-5-8(11(15)16)6-12-7-9/h3-7H,2H2,1H3,(H,15,16). The van der Waals surface area contributed by atoms with Crippen molar-refractivity contribution in [2.45, 2.75) is 13.3 Å². The van der Waals surface area contributed by atoms with Crippen LogP contribution in [0, 0.1) is 0 Å². The van der Waals surface area contributed by atoms with E-state index in [2.05, 4.69) is 9.97 Å². The molecule has 0 aromatic carbocycles. The molecule has 2 aromatic rings. The molecule has 2 rings (SSSR count). The van der Waals surface area contributed by atoms with E-state index in [9.17, 15) is 4.79 Å². The predicted molar refractivity (Wildman–Crippen MR) is 57.7 cm³/mol. The number of hydrogen-bond acceptors (Lipinski definition) is 3. The van der Waals surface area contributed by atoms with Crippen LogP contribution in [-0.2, 0) is 6.42 Å². The lowest BCUT2D eigenvalue weighted by molar-refractivity contribution is 0.0696. The quantitative estimate of drug-likeness (QED) is 0.846. The molecular formula is C11H11N3O2. The smallest absolute Gasteiger partial charge is 0.337 e. The summed E-state index contributed by atoms with van der Waals surface area (Å²) in [6.45, 7) is 1.99. The molecule has 0 saturated heterocycles. The molecule has 82 valence electrons. The molecule has 5 nitrogen and oxygen atoms in total. The number of imidazole rings is 1. The highest BCUT2D eigenvalue weighted by atomic mass is 16.4. The average Bonchev–Trinajstić information content (AvgIpc) is 2.77. The summed E-state index contributed by atoms with van der Waals surface area (Å²) in [5, 5.41) is 8.87. The minimum Gasteiger partial charge on any atom is -0.478 e. The van der Waals surface area contributed by atoms with Gasteiger partial charge in [0.15, 0.2) is 0 Å². The van der Waals surface area contributed by atoms with Gasteiger partial charge in [-0.25, -0.2) is 9.78 Å². The normalized spacial score (nSPS) is 10.3. The van der Waals surface area contributed by atoms with Gasteiger partial charge >= 0.3 is 5.97 Å². The zero-order valence-corrected chi connectivity index (χ0v) is 8.79. The minimum absolute atomic E-state index is 0.174. The minimum atomic E-state index is -0.979. The van der Waals surface area contributed by atoms with E-state index in [-0.39, 0.29) is 5.56 Å². The first-order chi connectivity index (χ1) is 7.72. The van der Waals surface area contributed by atoms with Crippen molar-refractivity contribution >= 4 is 5.97 Å². The molecule has 1 N–H and O–H groups in total. The summed E-state index contributed by atoms with van der Waals surface area (Å²) in [6, 6.07) is 1.58. The summed E-state index contributed by atoms with van der Waals surface area (Å²) in [4.78, 5) is 18.9. The van der Waals surface area contributed by atoms with Gasteiger partial charge in [-0.1, -0.05) is 6.92 Å². The van der Waals surface area contributed by atoms with Gasteiger partial charge in [0.2, 0.25) is 0 Å². The molecule has 16 heavy (non-hydrogen) atoms. The molecule has 0 spiro atoms. The summed E-state index contributed by atoms with van der Waals surface area (Å²) in [6.07, 6.45) is 7.21. The van der Waals surface area contributed by atoms with Crippen LogP contribution in [0.4, 0.5) is 0 Å². The van der Waals surface area contributed by atoms with Crippen molar-refractivity contribution in [1.29, 1.82) is 0 Å². The summed E-state index contributed by atoms with van der Waals surface area (Å²) in [7, 11) is 0. The first-order valence-electron chi connectivity index (χ1n) is 4.93. The monoisotopic (exact) mass is 217 g/mol. The van der Waals surface area contributed by atoms with Gasteiger partial charge in [0.25, 0.3) is 0 Å². The topological polar surface area (TPSA) is 68.0 Å². The van der Waals surface area contributed by atoms with E-state index in [1.807, 2.05) is 11.5 Å². The van der Waals surface area contributed by atoms with Crippen molar-refractivity contribution in [2.75, 3.05) is 0 Å². The van der Waals surface area contributed by atoms with Crippen LogP contribution >= 0.6 is 0 Å². The van der Waals surface area contributed by atoms with Gasteiger partial charge in [-0.05, 0) is 6.07 Å². The van der Waals surface area contributed by atoms with Crippen molar-refractivity contribution in [3.63, 3.8) is 0 Å². The molecule has 0 unspecified atom stereocenters. The Bertz CT molecular complexity index is 519. The van der Waals surface area contributed by atoms with Crippen LogP contribution in [-0.4, -0.2) is 25.6 Å². The lowest BCUT2D eigenvalue weighted by Gasteiger charge is -2.06. The van der Waals surface area contributed by atoms with Crippen LogP contribution in [0.25, 0.3) is 5.69 Å². The summed E-state index contributed by atoms with van der Waals surface area (Å²) in [5.41, 5.74) is 0.891. The summed E-state index contributed by atoms with van der Waals surface area (Å²) in [5.74, 6) is -0.100. The van der Waals surface area contributed by atoms with Crippen LogP contribution < -0.4 is 0 Å². The number of rotatable bonds is 3. The largest absolute Gasteiger partial charge is 0.478 e. The lowest BCUT2D eigenvalue weighted by Crippen LogP contribution is -2.03. The summed E-state index contributed by atoms with van der Waals surface area (Å²) >= 11 is 0. The molecule has 2 heterocycles. The number of aromatic carboxylic acids is 1. The van der Waals surface area contributed by atoms with Crippen LogP contribution in [0.3, 0.4) is 0 Å². The maximum Gasteiger partial charge on any atom is 0.337 e. The van der Waals surface area contributed by atoms with Gasteiger partial charge in [-0.3, -0.25) is 4.98 Å². The van der Waals surface area contributed by atoms with Gasteiger partial charge in [0.05, 0.1) is 17.4 Å². The van der Waals surface area contributed by atoms with E-state index >= 15 is 0 Å². The zero-order valence-electron chi connectivity index (χ0n) is 8.79. The SMILES string of the molecule is CCc1nccn1-c1cncc(C(=O)O)c1. The van der Waals surface area contributed by atoms with E-state index in [1.165, 1.54) is 6.20 Å². The second-order valence-electron chi connectivity index (χ2n) is 3.30. The van der Waals surface area contributed by atoms with Crippen molar-refractivity contribution in [3.05, 3.63) is 42.2 Å². The number of nitrogens with zero attached hydrogens (tertiary/aromatic N) is 3. The molecule has 0 radical (unpaired) electrons. The Morgan fingerprint density at radius 1 is 1.50 bits per heavy atom. The number of pyridine rings is 1.